The van der Waals surface area contributed by atoms with Gasteiger partial charge in [0.2, 0.25) is 11.8 Å². The number of aliphatic hydroxyl groups is 2. The minimum absolute atomic E-state index is 0.227. The first-order valence-electron chi connectivity index (χ1n) is 13.2. The first-order valence-corrected chi connectivity index (χ1v) is 13.2. The Kier molecular flexibility index (Phi) is 10.4. The molecule has 3 amide bonds. The lowest BCUT2D eigenvalue weighted by molar-refractivity contribution is -0.135. The fourth-order valence-corrected chi connectivity index (χ4v) is 4.63. The van der Waals surface area contributed by atoms with Crippen LogP contribution >= 0.6 is 0 Å². The third kappa shape index (κ3) is 7.53. The highest BCUT2D eigenvalue weighted by Gasteiger charge is 2.39. The molecule has 39 heavy (non-hydrogen) atoms. The maximum absolute atomic E-state index is 13.3. The Morgan fingerprint density at radius 3 is 2.38 bits per heavy atom. The lowest BCUT2D eigenvalue weighted by Gasteiger charge is -2.37. The summed E-state index contributed by atoms with van der Waals surface area (Å²) >= 11 is 0. The number of nitrogens with zero attached hydrogens (tertiary/aromatic N) is 1. The van der Waals surface area contributed by atoms with Gasteiger partial charge in [-0.05, 0) is 37.0 Å². The van der Waals surface area contributed by atoms with E-state index in [0.29, 0.717) is 6.42 Å². The molecule has 0 saturated carbocycles. The second kappa shape index (κ2) is 13.5. The van der Waals surface area contributed by atoms with Crippen LogP contribution in [0.3, 0.4) is 0 Å². The monoisotopic (exact) mass is 541 g/mol. The van der Waals surface area contributed by atoms with Gasteiger partial charge in [0.25, 0.3) is 5.91 Å². The number of nitrogens with one attached hydrogen (secondary N) is 4. The van der Waals surface area contributed by atoms with Gasteiger partial charge in [-0.1, -0.05) is 57.5 Å². The minimum atomic E-state index is -1.46. The summed E-state index contributed by atoms with van der Waals surface area (Å²) < 4.78 is 0. The van der Waals surface area contributed by atoms with E-state index in [0.717, 1.165) is 5.56 Å². The predicted octanol–water partition coefficient (Wildman–Crippen LogP) is 0.451. The van der Waals surface area contributed by atoms with E-state index in [-0.39, 0.29) is 23.8 Å². The van der Waals surface area contributed by atoms with Crippen LogP contribution in [0.15, 0.2) is 48.7 Å². The molecule has 0 spiro atoms. The van der Waals surface area contributed by atoms with Crippen LogP contribution in [0.5, 0.6) is 5.75 Å². The van der Waals surface area contributed by atoms with E-state index in [2.05, 4.69) is 26.3 Å². The molecule has 7 N–H and O–H groups in total. The van der Waals surface area contributed by atoms with Crippen LogP contribution < -0.4 is 21.3 Å². The van der Waals surface area contributed by atoms with Crippen LogP contribution in [0.2, 0.25) is 0 Å². The molecule has 1 saturated heterocycles. The molecule has 1 aromatic carbocycles. The average molecular weight is 542 g/mol. The molecular weight excluding hydrogens is 502 g/mol. The van der Waals surface area contributed by atoms with E-state index in [1.54, 1.807) is 13.8 Å². The van der Waals surface area contributed by atoms with Crippen molar-refractivity contribution in [3.8, 4) is 5.75 Å². The average Bonchev–Trinajstić information content (AvgIpc) is 2.92. The molecular formula is C28H39N5O6. The number of carbonyl (C=O) groups is 3. The van der Waals surface area contributed by atoms with Gasteiger partial charge in [0, 0.05) is 12.2 Å². The molecule has 1 aliphatic rings. The number of carbonyl (C=O) groups excluding carboxylic acids is 3. The van der Waals surface area contributed by atoms with Crippen LogP contribution in [0.25, 0.3) is 0 Å². The van der Waals surface area contributed by atoms with Gasteiger partial charge in [-0.25, -0.2) is 4.98 Å². The summed E-state index contributed by atoms with van der Waals surface area (Å²) in [6.45, 7) is 6.90. The molecule has 11 heteroatoms. The van der Waals surface area contributed by atoms with Crippen molar-refractivity contribution in [3.05, 3.63) is 59.9 Å². The van der Waals surface area contributed by atoms with Crippen molar-refractivity contribution >= 4 is 17.7 Å². The van der Waals surface area contributed by atoms with E-state index < -0.39 is 60.1 Å². The number of amides is 3. The molecule has 8 atom stereocenters. The zero-order chi connectivity index (χ0) is 28.7. The number of aromatic hydroxyl groups is 1. The second-order valence-corrected chi connectivity index (χ2v) is 10.2. The van der Waals surface area contributed by atoms with E-state index in [1.807, 2.05) is 44.2 Å². The van der Waals surface area contributed by atoms with Gasteiger partial charge < -0.3 is 31.3 Å². The Bertz CT molecular complexity index is 1130. The highest BCUT2D eigenvalue weighted by Crippen LogP contribution is 2.19. The molecule has 3 unspecified atom stereocenters. The first kappa shape index (κ1) is 30.0. The lowest BCUT2D eigenvalue weighted by Crippen LogP contribution is -2.66. The molecule has 0 bridgehead atoms. The number of rotatable bonds is 6. The SMILES string of the molecule is CCC(C)C1NC(=O)[C@H](C)[C@H](O)[C@H](Cc2ccccc2)NC(O)[C@@H](NC(=O)c2ncccc2O)[C@@H](C)NC1=O. The van der Waals surface area contributed by atoms with Crippen molar-refractivity contribution in [2.24, 2.45) is 11.8 Å². The smallest absolute Gasteiger partial charge is 0.274 e. The summed E-state index contributed by atoms with van der Waals surface area (Å²) in [5.74, 6) is -3.22. The first-order chi connectivity index (χ1) is 18.5. The zero-order valence-corrected chi connectivity index (χ0v) is 22.7. The van der Waals surface area contributed by atoms with Crippen LogP contribution in [0.4, 0.5) is 0 Å². The van der Waals surface area contributed by atoms with Crippen LogP contribution in [-0.2, 0) is 16.0 Å². The van der Waals surface area contributed by atoms with Gasteiger partial charge in [0.05, 0.1) is 24.1 Å². The van der Waals surface area contributed by atoms with Crippen molar-refractivity contribution in [2.45, 2.75) is 77.0 Å². The number of pyridine rings is 1. The molecule has 1 fully saturated rings. The van der Waals surface area contributed by atoms with Crippen LogP contribution in [0, 0.1) is 11.8 Å². The summed E-state index contributed by atoms with van der Waals surface area (Å²) in [6.07, 6.45) is -0.485. The highest BCUT2D eigenvalue weighted by atomic mass is 16.3. The Labute approximate surface area is 228 Å². The van der Waals surface area contributed by atoms with E-state index in [9.17, 15) is 29.7 Å². The van der Waals surface area contributed by atoms with Crippen LogP contribution in [-0.4, -0.2) is 74.5 Å². The van der Waals surface area contributed by atoms with E-state index in [1.165, 1.54) is 18.3 Å². The maximum Gasteiger partial charge on any atom is 0.274 e. The number of hydrogen-bond acceptors (Lipinski definition) is 8. The summed E-state index contributed by atoms with van der Waals surface area (Å²) in [5, 5.41) is 44.0. The number of benzene rings is 1. The summed E-state index contributed by atoms with van der Waals surface area (Å²) in [5.41, 5.74) is 0.618. The standard InChI is InChI=1S/C28H39N5O6/c1-5-15(2)21-26(37)30-17(4)22(33-28(39)23-20(34)12-9-13-29-23)27(38)31-19(14-18-10-7-6-8-11-18)24(35)16(3)25(36)32-21/h6-13,15-17,19,21-22,24,27,31,34-35,38H,5,14H2,1-4H3,(H,30,37)(H,32,36)(H,33,39)/t15?,16-,17-,19+,21?,22+,24+,27?/m1/s1. The molecule has 2 aromatic rings. The number of aromatic nitrogens is 1. The molecule has 11 nitrogen and oxygen atoms in total. The maximum atomic E-state index is 13.3. The van der Waals surface area contributed by atoms with Gasteiger partial charge in [-0.3, -0.25) is 19.7 Å². The molecule has 1 aliphatic heterocycles. The Hall–Kier alpha value is -3.54. The fraction of sp³-hybridized carbons (Fsp3) is 0.500. The third-order valence-electron chi connectivity index (χ3n) is 7.36. The van der Waals surface area contributed by atoms with Crippen molar-refractivity contribution in [2.75, 3.05) is 0 Å². The summed E-state index contributed by atoms with van der Waals surface area (Å²) in [4.78, 5) is 43.4. The molecule has 212 valence electrons. The normalized spacial score (nSPS) is 29.2. The summed E-state index contributed by atoms with van der Waals surface area (Å²) in [6, 6.07) is 8.46. The molecule has 3 rings (SSSR count). The Morgan fingerprint density at radius 2 is 1.74 bits per heavy atom. The third-order valence-corrected chi connectivity index (χ3v) is 7.36. The van der Waals surface area contributed by atoms with Gasteiger partial charge in [0.15, 0.2) is 5.69 Å². The van der Waals surface area contributed by atoms with E-state index >= 15 is 0 Å². The number of hydrogen-bond donors (Lipinski definition) is 7. The zero-order valence-electron chi connectivity index (χ0n) is 22.7. The molecule has 2 heterocycles. The lowest BCUT2D eigenvalue weighted by atomic mass is 9.90. The molecule has 0 radical (unpaired) electrons. The Balaban J connectivity index is 1.99. The van der Waals surface area contributed by atoms with Gasteiger partial charge in [-0.2, -0.15) is 0 Å². The summed E-state index contributed by atoms with van der Waals surface area (Å²) in [7, 11) is 0. The second-order valence-electron chi connectivity index (χ2n) is 10.2. The van der Waals surface area contributed by atoms with E-state index in [4.69, 9.17) is 0 Å². The van der Waals surface area contributed by atoms with Gasteiger partial charge >= 0.3 is 0 Å². The quantitative estimate of drug-likeness (QED) is 0.276. The van der Waals surface area contributed by atoms with Gasteiger partial charge in [-0.15, -0.1) is 0 Å². The van der Waals surface area contributed by atoms with Crippen molar-refractivity contribution in [3.63, 3.8) is 0 Å². The van der Waals surface area contributed by atoms with Crippen LogP contribution in [0.1, 0.15) is 50.2 Å². The molecule has 0 aliphatic carbocycles. The minimum Gasteiger partial charge on any atom is -0.505 e. The predicted molar refractivity (Wildman–Crippen MR) is 144 cm³/mol. The number of aliphatic hydroxyl groups excluding tert-OH is 2. The largest absolute Gasteiger partial charge is 0.505 e. The molecule has 1 aromatic heterocycles. The van der Waals surface area contributed by atoms with Crippen molar-refractivity contribution < 1.29 is 29.7 Å². The highest BCUT2D eigenvalue weighted by molar-refractivity contribution is 5.95. The topological polar surface area (TPSA) is 173 Å². The Morgan fingerprint density at radius 1 is 1.05 bits per heavy atom. The van der Waals surface area contributed by atoms with Crippen molar-refractivity contribution in [1.29, 1.82) is 0 Å². The fourth-order valence-electron chi connectivity index (χ4n) is 4.63. The van der Waals surface area contributed by atoms with Crippen molar-refractivity contribution in [1.82, 2.24) is 26.3 Å². The van der Waals surface area contributed by atoms with Gasteiger partial charge in [0.1, 0.15) is 18.0 Å².